The molecule has 0 bridgehead atoms. The van der Waals surface area contributed by atoms with Gasteiger partial charge in [-0.05, 0) is 37.3 Å². The van der Waals surface area contributed by atoms with Gasteiger partial charge in [-0.15, -0.1) is 0 Å². The summed E-state index contributed by atoms with van der Waals surface area (Å²) in [6.45, 7) is 5.54. The first-order valence-electron chi connectivity index (χ1n) is 6.65. The lowest BCUT2D eigenvalue weighted by atomic mass is 10.0. The highest BCUT2D eigenvalue weighted by Gasteiger charge is 2.22. The van der Waals surface area contributed by atoms with Crippen molar-refractivity contribution in [3.8, 4) is 0 Å². The van der Waals surface area contributed by atoms with Crippen LogP contribution in [0.1, 0.15) is 36.5 Å². The summed E-state index contributed by atoms with van der Waals surface area (Å²) in [7, 11) is 0. The van der Waals surface area contributed by atoms with Crippen LogP contribution in [-0.2, 0) is 0 Å². The molecule has 2 heterocycles. The van der Waals surface area contributed by atoms with Crippen LogP contribution in [0.15, 0.2) is 0 Å². The summed E-state index contributed by atoms with van der Waals surface area (Å²) >= 11 is 1.21. The van der Waals surface area contributed by atoms with Gasteiger partial charge in [-0.2, -0.15) is 4.37 Å². The monoisotopic (exact) mass is 283 g/mol. The molecule has 1 aromatic rings. The van der Waals surface area contributed by atoms with E-state index in [-0.39, 0.29) is 5.82 Å². The Morgan fingerprint density at radius 2 is 2.21 bits per heavy atom. The van der Waals surface area contributed by atoms with Crippen LogP contribution >= 0.6 is 11.5 Å². The highest BCUT2D eigenvalue weighted by Crippen LogP contribution is 2.28. The van der Waals surface area contributed by atoms with Crippen LogP contribution < -0.4 is 16.8 Å². The number of nitrogens with zero attached hydrogens (tertiary/aromatic N) is 2. The minimum absolute atomic E-state index is 0.225. The summed E-state index contributed by atoms with van der Waals surface area (Å²) in [5, 5.41) is 4.07. The second-order valence-electron chi connectivity index (χ2n) is 4.90. The quantitative estimate of drug-likeness (QED) is 0.752. The van der Waals surface area contributed by atoms with E-state index in [2.05, 4.69) is 21.5 Å². The highest BCUT2D eigenvalue weighted by molar-refractivity contribution is 7.11. The summed E-state index contributed by atoms with van der Waals surface area (Å²) in [5.74, 6) is -0.291. The first kappa shape index (κ1) is 14.1. The van der Waals surface area contributed by atoms with Gasteiger partial charge in [-0.1, -0.05) is 6.92 Å². The van der Waals surface area contributed by atoms with Gasteiger partial charge < -0.3 is 21.7 Å². The maximum atomic E-state index is 11.3. The lowest BCUT2D eigenvalue weighted by Crippen LogP contribution is -2.39. The van der Waals surface area contributed by atoms with Gasteiger partial charge in [-0.3, -0.25) is 4.79 Å². The second-order valence-corrected chi connectivity index (χ2v) is 5.67. The normalized spacial score (nSPS) is 17.5. The molecule has 106 valence electrons. The maximum absolute atomic E-state index is 11.3. The van der Waals surface area contributed by atoms with Gasteiger partial charge in [0.1, 0.15) is 10.6 Å². The summed E-state index contributed by atoms with van der Waals surface area (Å²) in [6.07, 6.45) is 3.32. The molecule has 0 aromatic carbocycles. The Morgan fingerprint density at radius 3 is 2.79 bits per heavy atom. The molecule has 1 saturated heterocycles. The van der Waals surface area contributed by atoms with Crippen molar-refractivity contribution < 1.29 is 4.79 Å². The van der Waals surface area contributed by atoms with Gasteiger partial charge >= 0.3 is 0 Å². The number of primary amides is 1. The molecule has 0 aliphatic carbocycles. The average molecular weight is 283 g/mol. The number of carbonyl (C=O) groups is 1. The Hall–Kier alpha value is -1.34. The molecular formula is C12H21N5OS. The highest BCUT2D eigenvalue weighted by atomic mass is 32.1. The molecule has 6 nitrogen and oxygen atoms in total. The fraction of sp³-hybridized carbons (Fsp3) is 0.667. The van der Waals surface area contributed by atoms with Crippen LogP contribution in [-0.4, -0.2) is 40.9 Å². The van der Waals surface area contributed by atoms with Crippen LogP contribution in [0.4, 0.5) is 10.8 Å². The molecule has 0 unspecified atom stereocenters. The van der Waals surface area contributed by atoms with E-state index in [0.717, 1.165) is 32.5 Å². The first-order valence-corrected chi connectivity index (χ1v) is 7.43. The molecule has 1 aromatic heterocycles. The SMILES string of the molecule is CCCN1CCC(Nc2snc(N)c2C(N)=O)CC1. The smallest absolute Gasteiger partial charge is 0.255 e. The van der Waals surface area contributed by atoms with Gasteiger partial charge in [0.2, 0.25) is 0 Å². The van der Waals surface area contributed by atoms with E-state index in [1.54, 1.807) is 0 Å². The third kappa shape index (κ3) is 3.36. The third-order valence-electron chi connectivity index (χ3n) is 3.43. The van der Waals surface area contributed by atoms with E-state index >= 15 is 0 Å². The number of amides is 1. The number of aromatic nitrogens is 1. The van der Waals surface area contributed by atoms with Crippen LogP contribution in [0.5, 0.6) is 0 Å². The number of anilines is 2. The molecule has 19 heavy (non-hydrogen) atoms. The summed E-state index contributed by atoms with van der Waals surface area (Å²) in [4.78, 5) is 13.8. The predicted octanol–water partition coefficient (Wildman–Crippen LogP) is 1.11. The number of hydrogen-bond donors (Lipinski definition) is 3. The Balaban J connectivity index is 1.94. The van der Waals surface area contributed by atoms with Crippen LogP contribution in [0, 0.1) is 0 Å². The Kier molecular flexibility index (Phi) is 4.60. The fourth-order valence-electron chi connectivity index (χ4n) is 2.44. The molecule has 0 atom stereocenters. The van der Waals surface area contributed by atoms with Crippen molar-refractivity contribution in [3.63, 3.8) is 0 Å². The Labute approximate surface area is 117 Å². The number of carbonyl (C=O) groups excluding carboxylic acids is 1. The van der Waals surface area contributed by atoms with Crippen molar-refractivity contribution in [1.29, 1.82) is 0 Å². The standard InChI is InChI=1S/C12H21N5OS/c1-2-5-17-6-3-8(4-7-17)15-12-9(11(14)18)10(13)16-19-12/h8,15H,2-7H2,1H3,(H2,13,16)(H2,14,18). The average Bonchev–Trinajstić information content (AvgIpc) is 2.73. The van der Waals surface area contributed by atoms with Crippen LogP contribution in [0.3, 0.4) is 0 Å². The van der Waals surface area contributed by atoms with Gasteiger partial charge in [0.25, 0.3) is 5.91 Å². The van der Waals surface area contributed by atoms with Gasteiger partial charge in [0.05, 0.1) is 0 Å². The molecule has 5 N–H and O–H groups in total. The first-order chi connectivity index (χ1) is 9.11. The van der Waals surface area contributed by atoms with Crippen molar-refractivity contribution in [2.24, 2.45) is 5.73 Å². The molecule has 1 amide bonds. The summed E-state index contributed by atoms with van der Waals surface area (Å²) < 4.78 is 3.99. The lowest BCUT2D eigenvalue weighted by Gasteiger charge is -2.32. The lowest BCUT2D eigenvalue weighted by molar-refractivity contribution is 0.100. The fourth-order valence-corrected chi connectivity index (χ4v) is 3.24. The molecule has 1 aliphatic heterocycles. The molecule has 7 heteroatoms. The van der Waals surface area contributed by atoms with Crippen molar-refractivity contribution in [2.75, 3.05) is 30.7 Å². The van der Waals surface area contributed by atoms with E-state index in [1.165, 1.54) is 18.0 Å². The largest absolute Gasteiger partial charge is 0.382 e. The maximum Gasteiger partial charge on any atom is 0.255 e. The Morgan fingerprint density at radius 1 is 1.53 bits per heavy atom. The molecule has 1 aliphatic rings. The summed E-state index contributed by atoms with van der Waals surface area (Å²) in [5.41, 5.74) is 11.3. The molecule has 1 fully saturated rings. The third-order valence-corrected chi connectivity index (χ3v) is 4.22. The predicted molar refractivity (Wildman–Crippen MR) is 78.4 cm³/mol. The van der Waals surface area contributed by atoms with Crippen molar-refractivity contribution in [1.82, 2.24) is 9.27 Å². The number of nitrogen functional groups attached to an aromatic ring is 1. The van der Waals surface area contributed by atoms with E-state index in [9.17, 15) is 4.79 Å². The number of nitrogens with two attached hydrogens (primary N) is 2. The van der Waals surface area contributed by atoms with Crippen LogP contribution in [0.25, 0.3) is 0 Å². The molecule has 0 saturated carbocycles. The number of hydrogen-bond acceptors (Lipinski definition) is 6. The Bertz CT molecular complexity index is 439. The van der Waals surface area contributed by atoms with E-state index < -0.39 is 5.91 Å². The number of rotatable bonds is 5. The van der Waals surface area contributed by atoms with Gasteiger partial charge in [-0.25, -0.2) is 0 Å². The van der Waals surface area contributed by atoms with Crippen molar-refractivity contribution >= 4 is 28.3 Å². The minimum Gasteiger partial charge on any atom is -0.382 e. The number of nitrogens with one attached hydrogen (secondary N) is 1. The zero-order valence-corrected chi connectivity index (χ0v) is 12.0. The van der Waals surface area contributed by atoms with Crippen LogP contribution in [0.2, 0.25) is 0 Å². The number of piperidine rings is 1. The van der Waals surface area contributed by atoms with E-state index in [0.29, 0.717) is 16.6 Å². The van der Waals surface area contributed by atoms with E-state index in [4.69, 9.17) is 11.5 Å². The van der Waals surface area contributed by atoms with E-state index in [1.807, 2.05) is 0 Å². The molecular weight excluding hydrogens is 262 g/mol. The zero-order chi connectivity index (χ0) is 13.8. The summed E-state index contributed by atoms with van der Waals surface area (Å²) in [6, 6.07) is 0.367. The zero-order valence-electron chi connectivity index (χ0n) is 11.2. The number of likely N-dealkylation sites (tertiary alicyclic amines) is 1. The van der Waals surface area contributed by atoms with Crippen molar-refractivity contribution in [2.45, 2.75) is 32.2 Å². The molecule has 0 radical (unpaired) electrons. The molecule has 2 rings (SSSR count). The molecule has 0 spiro atoms. The van der Waals surface area contributed by atoms with Gasteiger partial charge in [0.15, 0.2) is 5.82 Å². The minimum atomic E-state index is -0.517. The second kappa shape index (κ2) is 6.21. The van der Waals surface area contributed by atoms with Gasteiger partial charge in [0, 0.05) is 19.1 Å². The van der Waals surface area contributed by atoms with Crippen molar-refractivity contribution in [3.05, 3.63) is 5.56 Å². The topological polar surface area (TPSA) is 97.3 Å².